The minimum atomic E-state index is -0.0969. The van der Waals surface area contributed by atoms with E-state index in [0.717, 1.165) is 16.5 Å². The molecular formula is C12H12INO2. The highest BCUT2D eigenvalue weighted by Crippen LogP contribution is 2.22. The topological polar surface area (TPSA) is 40.5 Å². The van der Waals surface area contributed by atoms with Crippen molar-refractivity contribution in [1.82, 2.24) is 4.90 Å². The van der Waals surface area contributed by atoms with Crippen LogP contribution in [-0.4, -0.2) is 29.0 Å². The standard InChI is InChI=1S/C12H12INO2/c13-9-4-5-11(15)10(8-9)12(16)14-6-2-1-3-7-14/h1-2,4-5,8,15H,3,6-7H2. The minimum Gasteiger partial charge on any atom is -0.507 e. The van der Waals surface area contributed by atoms with Gasteiger partial charge in [-0.15, -0.1) is 0 Å². The Bertz CT molecular complexity index is 443. The number of phenols is 1. The molecule has 1 aliphatic rings. The number of benzene rings is 1. The number of carbonyl (C=O) groups is 1. The summed E-state index contributed by atoms with van der Waals surface area (Å²) in [5.41, 5.74) is 0.391. The molecule has 0 radical (unpaired) electrons. The minimum absolute atomic E-state index is 0.0555. The van der Waals surface area contributed by atoms with Crippen LogP contribution in [0.25, 0.3) is 0 Å². The number of hydrogen-bond donors (Lipinski definition) is 1. The van der Waals surface area contributed by atoms with Gasteiger partial charge in [0.25, 0.3) is 5.91 Å². The molecule has 0 aliphatic carbocycles. The molecule has 1 heterocycles. The van der Waals surface area contributed by atoms with Crippen LogP contribution in [0.3, 0.4) is 0 Å². The van der Waals surface area contributed by atoms with E-state index >= 15 is 0 Å². The molecule has 1 aromatic rings. The molecule has 2 rings (SSSR count). The smallest absolute Gasteiger partial charge is 0.257 e. The van der Waals surface area contributed by atoms with Gasteiger partial charge in [0.2, 0.25) is 0 Å². The number of hydrogen-bond acceptors (Lipinski definition) is 2. The van der Waals surface area contributed by atoms with Gasteiger partial charge in [-0.1, -0.05) is 12.2 Å². The van der Waals surface area contributed by atoms with E-state index in [1.807, 2.05) is 6.08 Å². The third-order valence-electron chi connectivity index (χ3n) is 2.53. The fraction of sp³-hybridized carbons (Fsp3) is 0.250. The lowest BCUT2D eigenvalue weighted by molar-refractivity contribution is 0.0768. The SMILES string of the molecule is O=C(c1cc(I)ccc1O)N1CC=CCC1. The van der Waals surface area contributed by atoms with Crippen molar-refractivity contribution >= 4 is 28.5 Å². The van der Waals surface area contributed by atoms with E-state index in [4.69, 9.17) is 0 Å². The molecule has 84 valence electrons. The van der Waals surface area contributed by atoms with Crippen molar-refractivity contribution in [3.63, 3.8) is 0 Å². The average Bonchev–Trinajstić information content (AvgIpc) is 2.32. The summed E-state index contributed by atoms with van der Waals surface area (Å²) in [7, 11) is 0. The Kier molecular flexibility index (Phi) is 3.48. The van der Waals surface area contributed by atoms with Crippen LogP contribution in [0.5, 0.6) is 5.75 Å². The Morgan fingerprint density at radius 2 is 2.19 bits per heavy atom. The van der Waals surface area contributed by atoms with E-state index in [1.54, 1.807) is 23.1 Å². The van der Waals surface area contributed by atoms with Crippen molar-refractivity contribution in [1.29, 1.82) is 0 Å². The fourth-order valence-corrected chi connectivity index (χ4v) is 2.17. The first-order chi connectivity index (χ1) is 7.68. The van der Waals surface area contributed by atoms with Gasteiger partial charge in [0.15, 0.2) is 0 Å². The van der Waals surface area contributed by atoms with E-state index in [9.17, 15) is 9.90 Å². The van der Waals surface area contributed by atoms with Gasteiger partial charge in [-0.3, -0.25) is 4.79 Å². The Morgan fingerprint density at radius 1 is 1.38 bits per heavy atom. The van der Waals surface area contributed by atoms with E-state index < -0.39 is 0 Å². The molecular weight excluding hydrogens is 317 g/mol. The maximum absolute atomic E-state index is 12.1. The van der Waals surface area contributed by atoms with E-state index in [0.29, 0.717) is 12.1 Å². The second-order valence-electron chi connectivity index (χ2n) is 3.67. The predicted octanol–water partition coefficient (Wildman–Crippen LogP) is 2.40. The Morgan fingerprint density at radius 3 is 2.88 bits per heavy atom. The van der Waals surface area contributed by atoms with Crippen LogP contribution in [0, 0.1) is 3.57 Å². The highest BCUT2D eigenvalue weighted by Gasteiger charge is 2.19. The molecule has 0 bridgehead atoms. The highest BCUT2D eigenvalue weighted by atomic mass is 127. The molecule has 1 N–H and O–H groups in total. The van der Waals surface area contributed by atoms with E-state index in [-0.39, 0.29) is 11.7 Å². The van der Waals surface area contributed by atoms with E-state index in [2.05, 4.69) is 28.7 Å². The molecule has 4 heteroatoms. The summed E-state index contributed by atoms with van der Waals surface area (Å²) >= 11 is 2.13. The molecule has 0 spiro atoms. The lowest BCUT2D eigenvalue weighted by Gasteiger charge is -2.23. The number of carbonyl (C=O) groups excluding carboxylic acids is 1. The maximum Gasteiger partial charge on any atom is 0.257 e. The van der Waals surface area contributed by atoms with Crippen LogP contribution >= 0.6 is 22.6 Å². The van der Waals surface area contributed by atoms with Gasteiger partial charge in [0, 0.05) is 16.7 Å². The average molecular weight is 329 g/mol. The summed E-state index contributed by atoms with van der Waals surface area (Å²) in [5.74, 6) is -0.0414. The molecule has 1 aromatic carbocycles. The molecule has 0 unspecified atom stereocenters. The van der Waals surface area contributed by atoms with Crippen LogP contribution in [0.4, 0.5) is 0 Å². The summed E-state index contributed by atoms with van der Waals surface area (Å²) in [6.45, 7) is 1.35. The number of aromatic hydroxyl groups is 1. The van der Waals surface area contributed by atoms with Crippen LogP contribution in [0.2, 0.25) is 0 Å². The quantitative estimate of drug-likeness (QED) is 0.635. The zero-order chi connectivity index (χ0) is 11.5. The van der Waals surface area contributed by atoms with Crippen LogP contribution < -0.4 is 0 Å². The first kappa shape index (κ1) is 11.4. The van der Waals surface area contributed by atoms with Crippen molar-refractivity contribution in [3.8, 4) is 5.75 Å². The predicted molar refractivity (Wildman–Crippen MR) is 70.5 cm³/mol. The van der Waals surface area contributed by atoms with Crippen molar-refractivity contribution in [3.05, 3.63) is 39.5 Å². The van der Waals surface area contributed by atoms with Gasteiger partial charge in [-0.05, 0) is 47.2 Å². The Hall–Kier alpha value is -1.04. The second kappa shape index (κ2) is 4.86. The first-order valence-electron chi connectivity index (χ1n) is 5.11. The lowest BCUT2D eigenvalue weighted by atomic mass is 10.1. The molecule has 0 saturated carbocycles. The summed E-state index contributed by atoms with van der Waals surface area (Å²) in [6, 6.07) is 5.06. The Balaban J connectivity index is 2.26. The summed E-state index contributed by atoms with van der Waals surface area (Å²) in [6.07, 6.45) is 4.93. The second-order valence-corrected chi connectivity index (χ2v) is 4.92. The highest BCUT2D eigenvalue weighted by molar-refractivity contribution is 14.1. The zero-order valence-electron chi connectivity index (χ0n) is 8.69. The molecule has 1 amide bonds. The lowest BCUT2D eigenvalue weighted by Crippen LogP contribution is -2.33. The van der Waals surface area contributed by atoms with Crippen molar-refractivity contribution in [2.24, 2.45) is 0 Å². The monoisotopic (exact) mass is 329 g/mol. The maximum atomic E-state index is 12.1. The molecule has 0 aromatic heterocycles. The van der Waals surface area contributed by atoms with E-state index in [1.165, 1.54) is 0 Å². The van der Waals surface area contributed by atoms with Crippen molar-refractivity contribution in [2.75, 3.05) is 13.1 Å². The van der Waals surface area contributed by atoms with Gasteiger partial charge in [-0.25, -0.2) is 0 Å². The number of phenolic OH excluding ortho intramolecular Hbond substituents is 1. The molecule has 1 aliphatic heterocycles. The molecule has 0 saturated heterocycles. The van der Waals surface area contributed by atoms with Crippen molar-refractivity contribution in [2.45, 2.75) is 6.42 Å². The van der Waals surface area contributed by atoms with Gasteiger partial charge in [0.1, 0.15) is 5.75 Å². The molecule has 16 heavy (non-hydrogen) atoms. The number of nitrogens with zero attached hydrogens (tertiary/aromatic N) is 1. The van der Waals surface area contributed by atoms with Crippen LogP contribution in [-0.2, 0) is 0 Å². The fourth-order valence-electron chi connectivity index (χ4n) is 1.68. The van der Waals surface area contributed by atoms with Crippen LogP contribution in [0.1, 0.15) is 16.8 Å². The largest absolute Gasteiger partial charge is 0.507 e. The normalized spacial score (nSPS) is 15.2. The Labute approximate surface area is 108 Å². The molecule has 0 fully saturated rings. The van der Waals surface area contributed by atoms with Gasteiger partial charge in [-0.2, -0.15) is 0 Å². The third-order valence-corrected chi connectivity index (χ3v) is 3.21. The first-order valence-corrected chi connectivity index (χ1v) is 6.19. The van der Waals surface area contributed by atoms with Crippen molar-refractivity contribution < 1.29 is 9.90 Å². The molecule has 0 atom stereocenters. The van der Waals surface area contributed by atoms with Crippen LogP contribution in [0.15, 0.2) is 30.4 Å². The number of rotatable bonds is 1. The number of halogens is 1. The summed E-state index contributed by atoms with van der Waals surface area (Å²) in [5, 5.41) is 9.67. The third kappa shape index (κ3) is 2.37. The van der Waals surface area contributed by atoms with Gasteiger partial charge < -0.3 is 10.0 Å². The molecule has 3 nitrogen and oxygen atoms in total. The summed E-state index contributed by atoms with van der Waals surface area (Å²) in [4.78, 5) is 13.8. The van der Waals surface area contributed by atoms with Gasteiger partial charge in [0.05, 0.1) is 5.56 Å². The summed E-state index contributed by atoms with van der Waals surface area (Å²) < 4.78 is 0.950. The number of amides is 1. The zero-order valence-corrected chi connectivity index (χ0v) is 10.8. The van der Waals surface area contributed by atoms with Gasteiger partial charge >= 0.3 is 0 Å².